The van der Waals surface area contributed by atoms with E-state index in [1.54, 1.807) is 17.0 Å². The van der Waals surface area contributed by atoms with Gasteiger partial charge < -0.3 is 15.5 Å². The van der Waals surface area contributed by atoms with Crippen molar-refractivity contribution in [1.29, 1.82) is 0 Å². The SMILES string of the molecule is CCN(CC)C(=O)c1cccc(NC(=O)C2CCNCC2)c1.Cl. The van der Waals surface area contributed by atoms with Gasteiger partial charge in [0, 0.05) is 30.3 Å². The van der Waals surface area contributed by atoms with Gasteiger partial charge in [0.1, 0.15) is 0 Å². The molecule has 0 radical (unpaired) electrons. The van der Waals surface area contributed by atoms with Crippen molar-refractivity contribution in [3.63, 3.8) is 0 Å². The summed E-state index contributed by atoms with van der Waals surface area (Å²) in [5.41, 5.74) is 1.31. The van der Waals surface area contributed by atoms with E-state index >= 15 is 0 Å². The second kappa shape index (κ2) is 9.53. The van der Waals surface area contributed by atoms with Crippen LogP contribution in [0.25, 0.3) is 0 Å². The third kappa shape index (κ3) is 5.22. The summed E-state index contributed by atoms with van der Waals surface area (Å²) < 4.78 is 0. The molecular formula is C17H26ClN3O2. The zero-order valence-corrected chi connectivity index (χ0v) is 14.6. The summed E-state index contributed by atoms with van der Waals surface area (Å²) in [7, 11) is 0. The van der Waals surface area contributed by atoms with Gasteiger partial charge in [0.15, 0.2) is 0 Å². The first-order chi connectivity index (χ1) is 10.7. The highest BCUT2D eigenvalue weighted by Gasteiger charge is 2.21. The van der Waals surface area contributed by atoms with Crippen LogP contribution in [0.2, 0.25) is 0 Å². The van der Waals surface area contributed by atoms with Crippen LogP contribution in [0.15, 0.2) is 24.3 Å². The van der Waals surface area contributed by atoms with E-state index in [-0.39, 0.29) is 30.1 Å². The van der Waals surface area contributed by atoms with Crippen LogP contribution in [-0.4, -0.2) is 42.9 Å². The molecule has 1 aromatic carbocycles. The average molecular weight is 340 g/mol. The van der Waals surface area contributed by atoms with Crippen molar-refractivity contribution in [2.24, 2.45) is 5.92 Å². The van der Waals surface area contributed by atoms with Gasteiger partial charge in [-0.2, -0.15) is 0 Å². The summed E-state index contributed by atoms with van der Waals surface area (Å²) in [6, 6.07) is 7.20. The maximum absolute atomic E-state index is 12.4. The molecule has 2 rings (SSSR count). The summed E-state index contributed by atoms with van der Waals surface area (Å²) in [6.07, 6.45) is 1.73. The van der Waals surface area contributed by atoms with Gasteiger partial charge in [-0.3, -0.25) is 9.59 Å². The number of halogens is 1. The monoisotopic (exact) mass is 339 g/mol. The average Bonchev–Trinajstić information content (AvgIpc) is 2.57. The molecule has 0 bridgehead atoms. The molecule has 1 fully saturated rings. The Balaban J connectivity index is 0.00000264. The number of carbonyl (C=O) groups excluding carboxylic acids is 2. The summed E-state index contributed by atoms with van der Waals surface area (Å²) >= 11 is 0. The Kier molecular flexibility index (Phi) is 8.06. The summed E-state index contributed by atoms with van der Waals surface area (Å²) in [4.78, 5) is 26.4. The molecule has 5 nitrogen and oxygen atoms in total. The third-order valence-corrected chi connectivity index (χ3v) is 4.14. The number of carbonyl (C=O) groups is 2. The molecule has 6 heteroatoms. The van der Waals surface area contributed by atoms with Crippen LogP contribution < -0.4 is 10.6 Å². The first kappa shape index (κ1) is 19.5. The quantitative estimate of drug-likeness (QED) is 0.866. The zero-order chi connectivity index (χ0) is 15.9. The molecule has 0 atom stereocenters. The van der Waals surface area contributed by atoms with E-state index in [0.717, 1.165) is 25.9 Å². The van der Waals surface area contributed by atoms with Gasteiger partial charge >= 0.3 is 0 Å². The summed E-state index contributed by atoms with van der Waals surface area (Å²) in [5, 5.41) is 6.20. The van der Waals surface area contributed by atoms with Crippen LogP contribution in [0.3, 0.4) is 0 Å². The van der Waals surface area contributed by atoms with Crippen molar-refractivity contribution in [2.75, 3.05) is 31.5 Å². The first-order valence-corrected chi connectivity index (χ1v) is 8.06. The highest BCUT2D eigenvalue weighted by molar-refractivity contribution is 5.97. The number of hydrogen-bond acceptors (Lipinski definition) is 3. The van der Waals surface area contributed by atoms with Crippen LogP contribution in [0.4, 0.5) is 5.69 Å². The van der Waals surface area contributed by atoms with Crippen molar-refractivity contribution >= 4 is 29.9 Å². The topological polar surface area (TPSA) is 61.4 Å². The molecule has 2 N–H and O–H groups in total. The Morgan fingerprint density at radius 2 is 1.87 bits per heavy atom. The van der Waals surface area contributed by atoms with Crippen LogP contribution >= 0.6 is 12.4 Å². The molecule has 23 heavy (non-hydrogen) atoms. The Labute approximate surface area is 144 Å². The lowest BCUT2D eigenvalue weighted by molar-refractivity contribution is -0.120. The van der Waals surface area contributed by atoms with Gasteiger partial charge in [-0.25, -0.2) is 0 Å². The van der Waals surface area contributed by atoms with Crippen molar-refractivity contribution < 1.29 is 9.59 Å². The third-order valence-electron chi connectivity index (χ3n) is 4.14. The standard InChI is InChI=1S/C17H25N3O2.ClH/c1-3-20(4-2)17(22)14-6-5-7-15(12-14)19-16(21)13-8-10-18-11-9-13;/h5-7,12-13,18H,3-4,8-11H2,1-2H3,(H,19,21);1H. The first-order valence-electron chi connectivity index (χ1n) is 8.06. The Hall–Kier alpha value is -1.59. The molecule has 128 valence electrons. The van der Waals surface area contributed by atoms with Crippen LogP contribution in [0.1, 0.15) is 37.0 Å². The fourth-order valence-electron chi connectivity index (χ4n) is 2.75. The van der Waals surface area contributed by atoms with Crippen LogP contribution in [0, 0.1) is 5.92 Å². The van der Waals surface area contributed by atoms with E-state index in [2.05, 4.69) is 10.6 Å². The molecule has 1 aliphatic rings. The molecule has 0 saturated carbocycles. The Morgan fingerprint density at radius 3 is 2.48 bits per heavy atom. The number of nitrogens with one attached hydrogen (secondary N) is 2. The molecule has 1 aliphatic heterocycles. The number of amides is 2. The van der Waals surface area contributed by atoms with Crippen LogP contribution in [-0.2, 0) is 4.79 Å². The lowest BCUT2D eigenvalue weighted by atomic mass is 9.97. The largest absolute Gasteiger partial charge is 0.339 e. The summed E-state index contributed by atoms with van der Waals surface area (Å²) in [6.45, 7) is 7.06. The molecule has 0 aromatic heterocycles. The van der Waals surface area contributed by atoms with Gasteiger partial charge in [0.05, 0.1) is 0 Å². The van der Waals surface area contributed by atoms with Gasteiger partial charge in [-0.1, -0.05) is 6.07 Å². The number of rotatable bonds is 5. The van der Waals surface area contributed by atoms with Crippen molar-refractivity contribution in [1.82, 2.24) is 10.2 Å². The molecule has 0 aliphatic carbocycles. The van der Waals surface area contributed by atoms with Crippen molar-refractivity contribution in [3.05, 3.63) is 29.8 Å². The van der Waals surface area contributed by atoms with Gasteiger partial charge in [-0.15, -0.1) is 12.4 Å². The molecule has 1 heterocycles. The molecule has 0 spiro atoms. The molecule has 1 aromatic rings. The second-order valence-electron chi connectivity index (χ2n) is 5.57. The minimum absolute atomic E-state index is 0. The highest BCUT2D eigenvalue weighted by Crippen LogP contribution is 2.17. The number of hydrogen-bond donors (Lipinski definition) is 2. The van der Waals surface area contributed by atoms with E-state index in [0.29, 0.717) is 24.3 Å². The maximum atomic E-state index is 12.4. The highest BCUT2D eigenvalue weighted by atomic mass is 35.5. The van der Waals surface area contributed by atoms with E-state index < -0.39 is 0 Å². The van der Waals surface area contributed by atoms with E-state index in [4.69, 9.17) is 0 Å². The number of benzene rings is 1. The minimum Gasteiger partial charge on any atom is -0.339 e. The lowest BCUT2D eigenvalue weighted by Gasteiger charge is -2.22. The summed E-state index contributed by atoms with van der Waals surface area (Å²) in [5.74, 6) is 0.111. The smallest absolute Gasteiger partial charge is 0.253 e. The molecule has 0 unspecified atom stereocenters. The Bertz CT molecular complexity index is 526. The lowest BCUT2D eigenvalue weighted by Crippen LogP contribution is -2.34. The van der Waals surface area contributed by atoms with Gasteiger partial charge in [0.25, 0.3) is 5.91 Å². The van der Waals surface area contributed by atoms with Gasteiger partial charge in [-0.05, 0) is 58.0 Å². The zero-order valence-electron chi connectivity index (χ0n) is 13.8. The van der Waals surface area contributed by atoms with Gasteiger partial charge in [0.2, 0.25) is 5.91 Å². The minimum atomic E-state index is 0. The normalized spacial score (nSPS) is 14.7. The van der Waals surface area contributed by atoms with E-state index in [9.17, 15) is 9.59 Å². The number of nitrogens with zero attached hydrogens (tertiary/aromatic N) is 1. The molecular weight excluding hydrogens is 314 g/mol. The Morgan fingerprint density at radius 1 is 1.22 bits per heavy atom. The number of anilines is 1. The second-order valence-corrected chi connectivity index (χ2v) is 5.57. The van der Waals surface area contributed by atoms with E-state index in [1.165, 1.54) is 0 Å². The molecule has 1 saturated heterocycles. The fraction of sp³-hybridized carbons (Fsp3) is 0.529. The molecule has 2 amide bonds. The predicted molar refractivity (Wildman–Crippen MR) is 95.2 cm³/mol. The predicted octanol–water partition coefficient (Wildman–Crippen LogP) is 2.53. The van der Waals surface area contributed by atoms with Crippen molar-refractivity contribution in [2.45, 2.75) is 26.7 Å². The van der Waals surface area contributed by atoms with Crippen molar-refractivity contribution in [3.8, 4) is 0 Å². The van der Waals surface area contributed by atoms with Crippen LogP contribution in [0.5, 0.6) is 0 Å². The fourth-order valence-corrected chi connectivity index (χ4v) is 2.75. The number of piperidine rings is 1. The maximum Gasteiger partial charge on any atom is 0.253 e. The van der Waals surface area contributed by atoms with E-state index in [1.807, 2.05) is 26.0 Å².